The van der Waals surface area contributed by atoms with Gasteiger partial charge in [-0.2, -0.15) is 0 Å². The second kappa shape index (κ2) is 4.93. The maximum atomic E-state index is 8.61. The molecule has 0 heterocycles. The Morgan fingerprint density at radius 3 is 1.25 bits per heavy atom. The molecule has 0 rings (SSSR count). The quantitative estimate of drug-likeness (QED) is 0.423. The van der Waals surface area contributed by atoms with E-state index in [0.29, 0.717) is 0 Å². The van der Waals surface area contributed by atoms with Crippen LogP contribution in [0.5, 0.6) is 0 Å². The van der Waals surface area contributed by atoms with Gasteiger partial charge in [0.25, 0.3) is 0 Å². The predicted molar refractivity (Wildman–Crippen MR) is 15.2 cm³/mol. The van der Waals surface area contributed by atoms with Crippen LogP contribution in [-0.2, 0) is 28.9 Å². The van der Waals surface area contributed by atoms with Crippen LogP contribution in [0.15, 0.2) is 0 Å². The summed E-state index contributed by atoms with van der Waals surface area (Å²) in [4.78, 5) is 0. The third-order valence-corrected chi connectivity index (χ3v) is 0. The van der Waals surface area contributed by atoms with Crippen molar-refractivity contribution in [2.24, 2.45) is 0 Å². The van der Waals surface area contributed by atoms with Crippen molar-refractivity contribution in [1.29, 1.82) is 0 Å². The van der Waals surface area contributed by atoms with Gasteiger partial charge in [0, 0.05) is 0 Å². The van der Waals surface area contributed by atoms with E-state index in [-0.39, 0.29) is 6.61 Å². The average Bonchev–Trinajstić information content (AvgIpc) is 1.27. The maximum absolute atomic E-state index is 8.61. The first-order valence-corrected chi connectivity index (χ1v) is 4.23. The second-order valence-corrected chi connectivity index (χ2v) is 2.32. The Morgan fingerprint density at radius 2 is 1.25 bits per heavy atom. The molecule has 0 aromatic heterocycles. The summed E-state index contributed by atoms with van der Waals surface area (Å²) < 4.78 is 34.4. The first-order valence-electron chi connectivity index (χ1n) is 1.39. The minimum atomic E-state index is -5.86. The molecular weight excluding hydrogens is 205 g/mol. The summed E-state index contributed by atoms with van der Waals surface area (Å²) in [6.07, 6.45) is 0. The predicted octanol–water partition coefficient (Wildman–Crippen LogP) is -0.665. The normalized spacial score (nSPS) is 9.25. The van der Waals surface area contributed by atoms with E-state index in [0.717, 1.165) is 0 Å². The molecule has 0 saturated carbocycles. The second-order valence-electron chi connectivity index (χ2n) is 0.577. The van der Waals surface area contributed by atoms with E-state index in [1.54, 1.807) is 0 Å². The van der Waals surface area contributed by atoms with Gasteiger partial charge in [-0.25, -0.2) is 0 Å². The van der Waals surface area contributed by atoms with Gasteiger partial charge < -0.3 is 12.0 Å². The van der Waals surface area contributed by atoms with Gasteiger partial charge >= 0.3 is 28.9 Å². The van der Waals surface area contributed by atoms with E-state index in [2.05, 4.69) is 6.92 Å². The van der Waals surface area contributed by atoms with Crippen LogP contribution in [0.2, 0.25) is 0 Å². The Kier molecular flexibility index (Phi) is 6.60. The molecule has 0 fully saturated rings. The zero-order chi connectivity index (χ0) is 7.21. The van der Waals surface area contributed by atoms with Crippen molar-refractivity contribution < 1.29 is 34.0 Å². The molecule has 0 aliphatic carbocycles. The van der Waals surface area contributed by atoms with Crippen molar-refractivity contribution in [2.75, 3.05) is 6.61 Å². The van der Waals surface area contributed by atoms with Gasteiger partial charge in [-0.15, -0.1) is 0 Å². The van der Waals surface area contributed by atoms with Crippen LogP contribution in [-0.4, -0.2) is 11.7 Å². The number of rotatable bonds is 0. The molecular formula is C2H5O5Ru-. The number of aliphatic hydroxyl groups excluding tert-OH is 1. The van der Waals surface area contributed by atoms with Gasteiger partial charge in [-0.3, -0.25) is 0 Å². The summed E-state index contributed by atoms with van der Waals surface area (Å²) in [5.74, 6) is 0. The topological polar surface area (TPSA) is 88.5 Å². The summed E-state index contributed by atoms with van der Waals surface area (Å²) in [7, 11) is 0. The van der Waals surface area contributed by atoms with E-state index in [4.69, 9.17) is 19.4 Å². The molecule has 0 atom stereocenters. The van der Waals surface area contributed by atoms with Crippen LogP contribution in [0, 0.1) is 6.92 Å². The standard InChI is InChI=1S/C2H5O.4O.Ru/c1-2-3;;;;;/h3H,1-2H2;;;;;/q-1;;;;;. The fraction of sp³-hybridized carbons (Fsp3) is 0.500. The average molecular weight is 210 g/mol. The summed E-state index contributed by atoms with van der Waals surface area (Å²) in [5, 5.41) is 7.46. The number of hydrogen-bond acceptors (Lipinski definition) is 5. The Hall–Kier alpha value is -0.217. The molecule has 0 bridgehead atoms. The summed E-state index contributed by atoms with van der Waals surface area (Å²) >= 11 is -5.86. The molecule has 0 amide bonds. The van der Waals surface area contributed by atoms with Crippen molar-refractivity contribution >= 4 is 0 Å². The van der Waals surface area contributed by atoms with Gasteiger partial charge in [-0.05, 0) is 0 Å². The Labute approximate surface area is 48.2 Å². The van der Waals surface area contributed by atoms with Crippen molar-refractivity contribution in [3.63, 3.8) is 0 Å². The molecule has 6 heteroatoms. The first kappa shape index (κ1) is 10.7. The van der Waals surface area contributed by atoms with Gasteiger partial charge in [0.05, 0.1) is 0 Å². The summed E-state index contributed by atoms with van der Waals surface area (Å²) in [6, 6.07) is 0. The zero-order valence-corrected chi connectivity index (χ0v) is 5.59. The van der Waals surface area contributed by atoms with Crippen molar-refractivity contribution in [1.82, 2.24) is 0 Å². The zero-order valence-electron chi connectivity index (χ0n) is 3.85. The molecule has 5 nitrogen and oxygen atoms in total. The number of hydrogen-bond donors (Lipinski definition) is 1. The molecule has 1 N–H and O–H groups in total. The molecule has 0 radical (unpaired) electrons. The van der Waals surface area contributed by atoms with E-state index in [1.165, 1.54) is 0 Å². The van der Waals surface area contributed by atoms with Gasteiger partial charge in [0.1, 0.15) is 0 Å². The molecule has 8 heavy (non-hydrogen) atoms. The molecule has 0 aromatic rings. The Bertz CT molecular complexity index is 174. The summed E-state index contributed by atoms with van der Waals surface area (Å²) in [6.45, 7) is 3.04. The molecule has 0 spiro atoms. The van der Waals surface area contributed by atoms with Crippen LogP contribution >= 0.6 is 0 Å². The van der Waals surface area contributed by atoms with Gasteiger partial charge in [0.15, 0.2) is 0 Å². The molecule has 0 unspecified atom stereocenters. The van der Waals surface area contributed by atoms with Crippen LogP contribution < -0.4 is 0 Å². The third kappa shape index (κ3) is 2820. The first-order chi connectivity index (χ1) is 3.41. The molecule has 0 aliphatic heterocycles. The number of aliphatic hydroxyl groups is 1. The van der Waals surface area contributed by atoms with E-state index < -0.39 is 14.6 Å². The SMILES string of the molecule is [CH2-]CO.[O]=[Ru](=[O])(=[O])=[O]. The van der Waals surface area contributed by atoms with Gasteiger partial charge in [-0.1, -0.05) is 6.61 Å². The fourth-order valence-corrected chi connectivity index (χ4v) is 0. The monoisotopic (exact) mass is 211 g/mol. The fourth-order valence-electron chi connectivity index (χ4n) is 0. The molecule has 0 aromatic carbocycles. The minimum absolute atomic E-state index is 0. The van der Waals surface area contributed by atoms with Crippen molar-refractivity contribution in [3.8, 4) is 0 Å². The molecule has 52 valence electrons. The van der Waals surface area contributed by atoms with E-state index >= 15 is 0 Å². The van der Waals surface area contributed by atoms with Gasteiger partial charge in [0.2, 0.25) is 0 Å². The van der Waals surface area contributed by atoms with Crippen molar-refractivity contribution in [2.45, 2.75) is 0 Å². The van der Waals surface area contributed by atoms with Crippen LogP contribution in [0.1, 0.15) is 0 Å². The molecule has 0 aliphatic rings. The Balaban J connectivity index is 0. The summed E-state index contributed by atoms with van der Waals surface area (Å²) in [5.41, 5.74) is 0. The van der Waals surface area contributed by atoms with E-state index in [1.807, 2.05) is 0 Å². The third-order valence-electron chi connectivity index (χ3n) is 0. The van der Waals surface area contributed by atoms with Crippen LogP contribution in [0.25, 0.3) is 0 Å². The van der Waals surface area contributed by atoms with Crippen molar-refractivity contribution in [3.05, 3.63) is 6.92 Å². The molecule has 0 saturated heterocycles. The van der Waals surface area contributed by atoms with E-state index in [9.17, 15) is 0 Å². The van der Waals surface area contributed by atoms with Crippen LogP contribution in [0.3, 0.4) is 0 Å². The Morgan fingerprint density at radius 1 is 1.25 bits per heavy atom. The van der Waals surface area contributed by atoms with Crippen LogP contribution in [0.4, 0.5) is 0 Å².